The van der Waals surface area contributed by atoms with Crippen molar-refractivity contribution in [2.45, 2.75) is 18.7 Å². The van der Waals surface area contributed by atoms with Gasteiger partial charge < -0.3 is 5.32 Å². The van der Waals surface area contributed by atoms with Gasteiger partial charge in [0.05, 0.1) is 15.6 Å². The van der Waals surface area contributed by atoms with E-state index in [4.69, 9.17) is 23.2 Å². The summed E-state index contributed by atoms with van der Waals surface area (Å²) in [5, 5.41) is 3.31. The number of hydrogen-bond acceptors (Lipinski definition) is 3. The maximum absolute atomic E-state index is 13.3. The fourth-order valence-electron chi connectivity index (χ4n) is 3.02. The van der Waals surface area contributed by atoms with Crippen molar-refractivity contribution in [3.05, 3.63) is 87.9 Å². The number of hydrogen-bond donors (Lipinski definition) is 1. The third-order valence-electron chi connectivity index (χ3n) is 4.54. The van der Waals surface area contributed by atoms with Crippen molar-refractivity contribution in [1.29, 1.82) is 0 Å². The van der Waals surface area contributed by atoms with Crippen LogP contribution in [0.4, 0.5) is 11.4 Å². The molecule has 0 fully saturated rings. The molecule has 1 N–H and O–H groups in total. The molecule has 0 radical (unpaired) electrons. The first-order valence-electron chi connectivity index (χ1n) is 9.09. The number of carbonyl (C=O) groups is 1. The van der Waals surface area contributed by atoms with Crippen LogP contribution in [0.3, 0.4) is 0 Å². The number of carbonyl (C=O) groups excluding carboxylic acids is 1. The molecule has 0 unspecified atom stereocenters. The molecule has 30 heavy (non-hydrogen) atoms. The van der Waals surface area contributed by atoms with Crippen LogP contribution in [0.5, 0.6) is 0 Å². The first-order valence-corrected chi connectivity index (χ1v) is 11.3. The molecule has 1 amide bonds. The highest BCUT2D eigenvalue weighted by molar-refractivity contribution is 7.92. The Balaban J connectivity index is 2.01. The van der Waals surface area contributed by atoms with Gasteiger partial charge in [0.2, 0.25) is 5.91 Å². The van der Waals surface area contributed by atoms with Gasteiger partial charge in [-0.15, -0.1) is 0 Å². The Morgan fingerprint density at radius 2 is 1.57 bits per heavy atom. The highest BCUT2D eigenvalue weighted by Gasteiger charge is 2.29. The normalized spacial score (nSPS) is 11.2. The molecule has 0 spiro atoms. The van der Waals surface area contributed by atoms with E-state index in [1.165, 1.54) is 30.3 Å². The van der Waals surface area contributed by atoms with Crippen LogP contribution in [0.2, 0.25) is 10.0 Å². The summed E-state index contributed by atoms with van der Waals surface area (Å²) in [5.41, 5.74) is 2.58. The number of nitrogens with zero attached hydrogens (tertiary/aromatic N) is 1. The number of amides is 1. The van der Waals surface area contributed by atoms with Gasteiger partial charge in [-0.25, -0.2) is 8.42 Å². The van der Waals surface area contributed by atoms with Crippen LogP contribution in [0.1, 0.15) is 11.1 Å². The van der Waals surface area contributed by atoms with Crippen molar-refractivity contribution in [2.24, 2.45) is 0 Å². The van der Waals surface area contributed by atoms with E-state index in [0.29, 0.717) is 10.7 Å². The number of nitrogens with one attached hydrogen (secondary N) is 1. The quantitative estimate of drug-likeness (QED) is 0.529. The molecule has 0 saturated heterocycles. The van der Waals surface area contributed by atoms with Crippen LogP contribution in [0.25, 0.3) is 0 Å². The summed E-state index contributed by atoms with van der Waals surface area (Å²) in [6.07, 6.45) is 0. The summed E-state index contributed by atoms with van der Waals surface area (Å²) in [5.74, 6) is -0.488. The van der Waals surface area contributed by atoms with E-state index in [1.807, 2.05) is 32.0 Å². The zero-order valence-electron chi connectivity index (χ0n) is 16.4. The van der Waals surface area contributed by atoms with Crippen LogP contribution in [0, 0.1) is 13.8 Å². The summed E-state index contributed by atoms with van der Waals surface area (Å²) in [6, 6.07) is 18.0. The van der Waals surface area contributed by atoms with Crippen LogP contribution < -0.4 is 9.62 Å². The Morgan fingerprint density at radius 1 is 0.933 bits per heavy atom. The molecular formula is C22H20Cl2N2O3S. The highest BCUT2D eigenvalue weighted by atomic mass is 35.5. The predicted molar refractivity (Wildman–Crippen MR) is 122 cm³/mol. The number of aryl methyl sites for hydroxylation is 2. The van der Waals surface area contributed by atoms with Crippen molar-refractivity contribution in [3.63, 3.8) is 0 Å². The lowest BCUT2D eigenvalue weighted by Crippen LogP contribution is -2.38. The summed E-state index contributed by atoms with van der Waals surface area (Å²) in [4.78, 5) is 12.9. The molecule has 3 aromatic rings. The minimum atomic E-state index is -4.05. The molecule has 8 heteroatoms. The van der Waals surface area contributed by atoms with E-state index in [-0.39, 0.29) is 15.6 Å². The van der Waals surface area contributed by atoms with Gasteiger partial charge in [-0.1, -0.05) is 59.6 Å². The van der Waals surface area contributed by atoms with Gasteiger partial charge >= 0.3 is 0 Å². The van der Waals surface area contributed by atoms with Gasteiger partial charge in [-0.3, -0.25) is 9.10 Å². The van der Waals surface area contributed by atoms with E-state index in [2.05, 4.69) is 5.32 Å². The van der Waals surface area contributed by atoms with Crippen molar-refractivity contribution in [2.75, 3.05) is 16.2 Å². The molecule has 0 bridgehead atoms. The standard InChI is InChI=1S/C22H20Cl2N2O3S/c1-15-7-6-8-16(2)22(15)25-21(27)14-26(20-12-11-17(23)13-19(20)24)30(28,29)18-9-4-3-5-10-18/h3-13H,14H2,1-2H3,(H,25,27). The zero-order chi connectivity index (χ0) is 21.9. The third-order valence-corrected chi connectivity index (χ3v) is 6.85. The predicted octanol–water partition coefficient (Wildman–Crippen LogP) is 5.44. The van der Waals surface area contributed by atoms with Crippen LogP contribution in [-0.2, 0) is 14.8 Å². The second-order valence-electron chi connectivity index (χ2n) is 6.74. The van der Waals surface area contributed by atoms with Gasteiger partial charge in [0, 0.05) is 10.7 Å². The monoisotopic (exact) mass is 462 g/mol. The first kappa shape index (κ1) is 22.2. The molecule has 0 aliphatic rings. The van der Waals surface area contributed by atoms with Gasteiger partial charge in [0.25, 0.3) is 10.0 Å². The van der Waals surface area contributed by atoms with Crippen molar-refractivity contribution in [3.8, 4) is 0 Å². The smallest absolute Gasteiger partial charge is 0.264 e. The van der Waals surface area contributed by atoms with Crippen molar-refractivity contribution < 1.29 is 13.2 Å². The fraction of sp³-hybridized carbons (Fsp3) is 0.136. The maximum atomic E-state index is 13.3. The van der Waals surface area contributed by atoms with E-state index in [1.54, 1.807) is 18.2 Å². The molecule has 0 aromatic heterocycles. The zero-order valence-corrected chi connectivity index (χ0v) is 18.7. The van der Waals surface area contributed by atoms with Gasteiger partial charge in [-0.05, 0) is 55.3 Å². The second-order valence-corrected chi connectivity index (χ2v) is 9.44. The number of anilines is 2. The number of sulfonamides is 1. The lowest BCUT2D eigenvalue weighted by Gasteiger charge is -2.25. The lowest BCUT2D eigenvalue weighted by molar-refractivity contribution is -0.114. The topological polar surface area (TPSA) is 66.5 Å². The SMILES string of the molecule is Cc1cccc(C)c1NC(=O)CN(c1ccc(Cl)cc1Cl)S(=O)(=O)c1ccccc1. The Morgan fingerprint density at radius 3 is 2.17 bits per heavy atom. The average Bonchev–Trinajstić information content (AvgIpc) is 2.70. The number of benzene rings is 3. The molecule has 0 saturated carbocycles. The second kappa shape index (κ2) is 9.08. The maximum Gasteiger partial charge on any atom is 0.264 e. The molecule has 0 atom stereocenters. The fourth-order valence-corrected chi connectivity index (χ4v) is 5.05. The number of halogens is 2. The molecule has 0 aliphatic heterocycles. The van der Waals surface area contributed by atoms with Gasteiger partial charge in [0.15, 0.2) is 0 Å². The Bertz CT molecular complexity index is 1160. The van der Waals surface area contributed by atoms with E-state index < -0.39 is 22.5 Å². The molecule has 3 aromatic carbocycles. The summed E-state index contributed by atoms with van der Waals surface area (Å²) < 4.78 is 27.7. The van der Waals surface area contributed by atoms with Crippen LogP contribution in [0.15, 0.2) is 71.6 Å². The summed E-state index contributed by atoms with van der Waals surface area (Å²) in [6.45, 7) is 3.29. The molecule has 0 aliphatic carbocycles. The minimum Gasteiger partial charge on any atom is -0.324 e. The Kier molecular flexibility index (Phi) is 6.71. The van der Waals surface area contributed by atoms with Gasteiger partial charge in [0.1, 0.15) is 6.54 Å². The lowest BCUT2D eigenvalue weighted by atomic mass is 10.1. The molecular weight excluding hydrogens is 443 g/mol. The summed E-state index contributed by atoms with van der Waals surface area (Å²) >= 11 is 12.3. The third kappa shape index (κ3) is 4.78. The van der Waals surface area contributed by atoms with E-state index >= 15 is 0 Å². The Hall–Kier alpha value is -2.54. The minimum absolute atomic E-state index is 0.0517. The molecule has 156 valence electrons. The van der Waals surface area contributed by atoms with E-state index in [9.17, 15) is 13.2 Å². The molecule has 0 heterocycles. The van der Waals surface area contributed by atoms with Crippen molar-refractivity contribution >= 4 is 50.5 Å². The van der Waals surface area contributed by atoms with Crippen molar-refractivity contribution in [1.82, 2.24) is 0 Å². The van der Waals surface area contributed by atoms with Crippen LogP contribution in [-0.4, -0.2) is 20.9 Å². The highest BCUT2D eigenvalue weighted by Crippen LogP contribution is 2.32. The van der Waals surface area contributed by atoms with E-state index in [0.717, 1.165) is 15.4 Å². The first-order chi connectivity index (χ1) is 14.2. The van der Waals surface area contributed by atoms with Crippen LogP contribution >= 0.6 is 23.2 Å². The Labute approximate surface area is 186 Å². The van der Waals surface area contributed by atoms with Gasteiger partial charge in [-0.2, -0.15) is 0 Å². The molecule has 5 nitrogen and oxygen atoms in total. The number of rotatable bonds is 6. The number of para-hydroxylation sites is 1. The average molecular weight is 463 g/mol. The molecule has 3 rings (SSSR count). The largest absolute Gasteiger partial charge is 0.324 e. The summed E-state index contributed by atoms with van der Waals surface area (Å²) in [7, 11) is -4.05.